The van der Waals surface area contributed by atoms with Gasteiger partial charge in [0.15, 0.2) is 0 Å². The molecule has 3 atom stereocenters. The van der Waals surface area contributed by atoms with Crippen LogP contribution < -0.4 is 4.90 Å². The summed E-state index contributed by atoms with van der Waals surface area (Å²) < 4.78 is 0. The van der Waals surface area contributed by atoms with Crippen molar-refractivity contribution in [2.24, 2.45) is 0 Å². The molecule has 2 aromatic rings. The Kier molecular flexibility index (Phi) is 6.14. The summed E-state index contributed by atoms with van der Waals surface area (Å²) in [5.41, 5.74) is 2.20. The average Bonchev–Trinajstić information content (AvgIpc) is 3.25. The van der Waals surface area contributed by atoms with Gasteiger partial charge in [-0.2, -0.15) is 0 Å². The van der Waals surface area contributed by atoms with E-state index in [0.717, 1.165) is 44.2 Å². The molecule has 3 rings (SSSR count). The van der Waals surface area contributed by atoms with Gasteiger partial charge in [-0.1, -0.05) is 19.1 Å². The minimum Gasteiger partial charge on any atom is -0.388 e. The lowest BCUT2D eigenvalue weighted by Gasteiger charge is -2.28. The van der Waals surface area contributed by atoms with Gasteiger partial charge in [0.1, 0.15) is 0 Å². The van der Waals surface area contributed by atoms with Crippen LogP contribution in [0, 0.1) is 0 Å². The Morgan fingerprint density at radius 3 is 2.83 bits per heavy atom. The highest BCUT2D eigenvalue weighted by Gasteiger charge is 2.32. The van der Waals surface area contributed by atoms with Gasteiger partial charge in [-0.25, -0.2) is 4.98 Å². The number of alkyl halides is 1. The first-order chi connectivity index (χ1) is 11.7. The first kappa shape index (κ1) is 17.7. The van der Waals surface area contributed by atoms with E-state index < -0.39 is 0 Å². The summed E-state index contributed by atoms with van der Waals surface area (Å²) in [5, 5.41) is 13.4. The molecule has 1 fully saturated rings. The smallest absolute Gasteiger partial charge is 0.0924 e. The molecule has 0 radical (unpaired) electrons. The first-order valence-electron chi connectivity index (χ1n) is 8.76. The van der Waals surface area contributed by atoms with Gasteiger partial charge in [-0.15, -0.1) is 22.9 Å². The summed E-state index contributed by atoms with van der Waals surface area (Å²) in [5.74, 6) is 0. The molecule has 130 valence electrons. The minimum absolute atomic E-state index is 0.210. The second-order valence-corrected chi connectivity index (χ2v) is 7.94. The second-order valence-electron chi connectivity index (χ2n) is 6.40. The molecule has 0 bridgehead atoms. The van der Waals surface area contributed by atoms with Gasteiger partial charge in [0, 0.05) is 29.9 Å². The molecule has 0 saturated carbocycles. The zero-order chi connectivity index (χ0) is 16.9. The largest absolute Gasteiger partial charge is 0.388 e. The van der Waals surface area contributed by atoms with Crippen molar-refractivity contribution >= 4 is 28.6 Å². The van der Waals surface area contributed by atoms with Gasteiger partial charge in [0.2, 0.25) is 0 Å². The van der Waals surface area contributed by atoms with Crippen molar-refractivity contribution in [3.63, 3.8) is 0 Å². The molecule has 24 heavy (non-hydrogen) atoms. The van der Waals surface area contributed by atoms with Crippen LogP contribution in [0.1, 0.15) is 49.3 Å². The first-order valence-corrected chi connectivity index (χ1v) is 10.1. The number of benzene rings is 1. The van der Waals surface area contributed by atoms with Crippen LogP contribution in [-0.2, 0) is 6.42 Å². The van der Waals surface area contributed by atoms with E-state index in [1.165, 1.54) is 10.7 Å². The van der Waals surface area contributed by atoms with E-state index in [4.69, 9.17) is 11.6 Å². The molecule has 1 saturated heterocycles. The van der Waals surface area contributed by atoms with Crippen LogP contribution >= 0.6 is 22.9 Å². The fraction of sp³-hybridized carbons (Fsp3) is 0.526. The van der Waals surface area contributed by atoms with Crippen LogP contribution in [-0.4, -0.2) is 28.1 Å². The van der Waals surface area contributed by atoms with E-state index in [1.54, 1.807) is 11.3 Å². The molecule has 1 N–H and O–H groups in total. The third-order valence-electron chi connectivity index (χ3n) is 4.83. The van der Waals surface area contributed by atoms with Gasteiger partial charge >= 0.3 is 0 Å². The second kappa shape index (κ2) is 8.32. The maximum absolute atomic E-state index is 9.95. The van der Waals surface area contributed by atoms with E-state index in [2.05, 4.69) is 22.0 Å². The Hall–Kier alpha value is -1.10. The average molecular weight is 365 g/mol. The normalized spacial score (nSPS) is 22.0. The summed E-state index contributed by atoms with van der Waals surface area (Å²) >= 11 is 8.32. The van der Waals surface area contributed by atoms with E-state index >= 15 is 0 Å². The zero-order valence-electron chi connectivity index (χ0n) is 14.1. The third-order valence-corrected chi connectivity index (χ3v) is 6.18. The predicted octanol–water partition coefficient (Wildman–Crippen LogP) is 4.80. The summed E-state index contributed by atoms with van der Waals surface area (Å²) in [6, 6.07) is 8.71. The highest BCUT2D eigenvalue weighted by Crippen LogP contribution is 2.32. The van der Waals surface area contributed by atoms with E-state index in [9.17, 15) is 5.11 Å². The summed E-state index contributed by atoms with van der Waals surface area (Å²) in [4.78, 5) is 6.79. The van der Waals surface area contributed by atoms with Crippen molar-refractivity contribution in [2.75, 3.05) is 11.4 Å². The standard InChI is InChI=1S/C19H25ClN2OS/c1-2-18(23)14-6-8-15(9-7-14)22-12-10-16(20)17(22)4-3-5-19-21-11-13-24-19/h6-9,11,13,16-18,23H,2-5,10,12H2,1H3. The number of hydrogen-bond acceptors (Lipinski definition) is 4. The highest BCUT2D eigenvalue weighted by atomic mass is 35.5. The Morgan fingerprint density at radius 1 is 1.38 bits per heavy atom. The van der Waals surface area contributed by atoms with Crippen LogP contribution in [0.15, 0.2) is 35.8 Å². The van der Waals surface area contributed by atoms with Crippen LogP contribution in [0.25, 0.3) is 0 Å². The summed E-state index contributed by atoms with van der Waals surface area (Å²) in [6.45, 7) is 3.00. The van der Waals surface area contributed by atoms with E-state index in [1.807, 2.05) is 30.6 Å². The van der Waals surface area contributed by atoms with Crippen LogP contribution in [0.2, 0.25) is 0 Å². The van der Waals surface area contributed by atoms with Crippen LogP contribution in [0.5, 0.6) is 0 Å². The Bertz CT molecular complexity index is 617. The predicted molar refractivity (Wildman–Crippen MR) is 102 cm³/mol. The molecular weight excluding hydrogens is 340 g/mol. The number of aliphatic hydroxyl groups excluding tert-OH is 1. The topological polar surface area (TPSA) is 36.4 Å². The molecule has 0 amide bonds. The fourth-order valence-electron chi connectivity index (χ4n) is 3.44. The molecule has 1 aromatic carbocycles. The minimum atomic E-state index is -0.368. The lowest BCUT2D eigenvalue weighted by Crippen LogP contribution is -2.33. The maximum atomic E-state index is 9.95. The molecule has 1 aliphatic rings. The molecular formula is C19H25ClN2OS. The fourth-order valence-corrected chi connectivity index (χ4v) is 4.46. The monoisotopic (exact) mass is 364 g/mol. The lowest BCUT2D eigenvalue weighted by molar-refractivity contribution is 0.173. The van der Waals surface area contributed by atoms with Crippen molar-refractivity contribution in [1.29, 1.82) is 0 Å². The van der Waals surface area contributed by atoms with Crippen molar-refractivity contribution in [3.8, 4) is 0 Å². The third kappa shape index (κ3) is 4.11. The molecule has 2 heterocycles. The molecule has 3 unspecified atom stereocenters. The summed E-state index contributed by atoms with van der Waals surface area (Å²) in [7, 11) is 0. The molecule has 5 heteroatoms. The quantitative estimate of drug-likeness (QED) is 0.717. The highest BCUT2D eigenvalue weighted by molar-refractivity contribution is 7.09. The molecule has 1 aliphatic heterocycles. The van der Waals surface area contributed by atoms with Crippen LogP contribution in [0.3, 0.4) is 0 Å². The Morgan fingerprint density at radius 2 is 2.17 bits per heavy atom. The Balaban J connectivity index is 1.62. The van der Waals surface area contributed by atoms with Crippen LogP contribution in [0.4, 0.5) is 5.69 Å². The van der Waals surface area contributed by atoms with Crippen molar-refractivity contribution in [3.05, 3.63) is 46.4 Å². The molecule has 0 aliphatic carbocycles. The number of thiazole rings is 1. The lowest BCUT2D eigenvalue weighted by atomic mass is 10.0. The van der Waals surface area contributed by atoms with Gasteiger partial charge in [-0.05, 0) is 49.8 Å². The van der Waals surface area contributed by atoms with Crippen molar-refractivity contribution in [1.82, 2.24) is 4.98 Å². The van der Waals surface area contributed by atoms with Crippen molar-refractivity contribution in [2.45, 2.75) is 56.6 Å². The van der Waals surface area contributed by atoms with Gasteiger partial charge in [0.25, 0.3) is 0 Å². The van der Waals surface area contributed by atoms with Crippen molar-refractivity contribution < 1.29 is 5.11 Å². The Labute approximate surface area is 153 Å². The number of aryl methyl sites for hydroxylation is 1. The number of anilines is 1. The number of aliphatic hydroxyl groups is 1. The number of rotatable bonds is 7. The number of hydrogen-bond donors (Lipinski definition) is 1. The van der Waals surface area contributed by atoms with E-state index in [0.29, 0.717) is 6.04 Å². The number of aromatic nitrogens is 1. The molecule has 0 spiro atoms. The molecule has 1 aromatic heterocycles. The summed E-state index contributed by atoms with van der Waals surface area (Å²) in [6.07, 6.45) is 6.52. The number of halogens is 1. The van der Waals surface area contributed by atoms with Gasteiger partial charge in [0.05, 0.1) is 16.5 Å². The number of nitrogens with zero attached hydrogens (tertiary/aromatic N) is 2. The molecule has 3 nitrogen and oxygen atoms in total. The van der Waals surface area contributed by atoms with Gasteiger partial charge < -0.3 is 10.0 Å². The van der Waals surface area contributed by atoms with E-state index in [-0.39, 0.29) is 11.5 Å². The van der Waals surface area contributed by atoms with Gasteiger partial charge in [-0.3, -0.25) is 0 Å². The SMILES string of the molecule is CCC(O)c1ccc(N2CCC(Cl)C2CCCc2nccs2)cc1. The maximum Gasteiger partial charge on any atom is 0.0924 e. The zero-order valence-corrected chi connectivity index (χ0v) is 15.6.